The van der Waals surface area contributed by atoms with Crippen molar-refractivity contribution in [1.29, 1.82) is 0 Å². The van der Waals surface area contributed by atoms with Crippen molar-refractivity contribution in [3.05, 3.63) is 195 Å². The van der Waals surface area contributed by atoms with Crippen LogP contribution in [0, 0.1) is 6.92 Å². The molecular formula is C51H41F9O8. The van der Waals surface area contributed by atoms with Crippen LogP contribution in [0.2, 0.25) is 0 Å². The van der Waals surface area contributed by atoms with Crippen LogP contribution in [0.15, 0.2) is 140 Å². The van der Waals surface area contributed by atoms with E-state index in [9.17, 15) is 49.1 Å². The van der Waals surface area contributed by atoms with Gasteiger partial charge in [-0.2, -0.15) is 39.5 Å². The van der Waals surface area contributed by atoms with E-state index in [1.165, 1.54) is 60.7 Å². The van der Waals surface area contributed by atoms with Crippen LogP contribution in [-0.4, -0.2) is 25.2 Å². The van der Waals surface area contributed by atoms with Crippen LogP contribution in [0.1, 0.15) is 55.6 Å². The predicted octanol–water partition coefficient (Wildman–Crippen LogP) is 12.7. The SMILES string of the molecule is COC(=O)[C@@H](Cc1ccc(OCc2ccc(C(F)(F)F)cc2)c(OCc2ccc(C(F)(F)F)cc2)c1)OC(=O)/C=C/c1ccc(OCc2ccc(C(F)(F)F)cc2)c(OCc2ccc(C)cc2)c1. The highest BCUT2D eigenvalue weighted by molar-refractivity contribution is 5.89. The van der Waals surface area contributed by atoms with Gasteiger partial charge in [-0.05, 0) is 107 Å². The third kappa shape index (κ3) is 14.5. The Kier molecular flexibility index (Phi) is 16.1. The highest BCUT2D eigenvalue weighted by Gasteiger charge is 2.32. The van der Waals surface area contributed by atoms with Gasteiger partial charge >= 0.3 is 30.5 Å². The van der Waals surface area contributed by atoms with Gasteiger partial charge in [0.25, 0.3) is 0 Å². The van der Waals surface area contributed by atoms with Crippen LogP contribution >= 0.6 is 0 Å². The number of rotatable bonds is 18. The molecule has 0 aliphatic heterocycles. The standard InChI is InChI=1S/C51H41F9O8/c1-32-3-5-34(6-4-32)30-66-44-25-33(13-22-42(44)64-28-35-7-16-39(17-8-35)49(52,53)54)15-24-47(61)68-46(48(62)63-2)27-38-14-23-43(65-29-36-9-18-40(19-10-36)50(55,56)57)45(26-38)67-31-37-11-20-41(21-12-37)51(58,59)60/h3-26,46H,27-31H2,1-2H3/b24-15+/t46-/m1/s1. The number of ether oxygens (including phenoxy) is 6. The maximum Gasteiger partial charge on any atom is 0.416 e. The number of carbonyl (C=O) groups excluding carboxylic acids is 2. The van der Waals surface area contributed by atoms with Gasteiger partial charge in [0.2, 0.25) is 6.10 Å². The molecule has 6 rings (SSSR count). The Bertz CT molecular complexity index is 2660. The second-order valence-corrected chi connectivity index (χ2v) is 15.2. The monoisotopic (exact) mass is 952 g/mol. The Morgan fingerprint density at radius 2 is 0.853 bits per heavy atom. The van der Waals surface area contributed by atoms with Crippen molar-refractivity contribution in [1.82, 2.24) is 0 Å². The first-order valence-electron chi connectivity index (χ1n) is 20.5. The number of alkyl halides is 9. The van der Waals surface area contributed by atoms with E-state index in [1.807, 2.05) is 31.2 Å². The van der Waals surface area contributed by atoms with E-state index in [0.717, 1.165) is 60.7 Å². The average molecular weight is 953 g/mol. The summed E-state index contributed by atoms with van der Waals surface area (Å²) in [7, 11) is 1.09. The predicted molar refractivity (Wildman–Crippen MR) is 230 cm³/mol. The van der Waals surface area contributed by atoms with E-state index in [1.54, 1.807) is 18.2 Å². The first-order valence-corrected chi connectivity index (χ1v) is 20.5. The van der Waals surface area contributed by atoms with Crippen molar-refractivity contribution < 1.29 is 77.5 Å². The molecule has 0 aliphatic rings. The quantitative estimate of drug-likeness (QED) is 0.0478. The first-order chi connectivity index (χ1) is 32.2. The summed E-state index contributed by atoms with van der Waals surface area (Å²) in [6.45, 7) is 1.55. The summed E-state index contributed by atoms with van der Waals surface area (Å²) in [6, 6.07) is 29.7. The number of carbonyl (C=O) groups is 2. The molecular weight excluding hydrogens is 912 g/mol. The zero-order chi connectivity index (χ0) is 49.1. The molecule has 0 bridgehead atoms. The zero-order valence-electron chi connectivity index (χ0n) is 36.1. The molecule has 0 saturated heterocycles. The van der Waals surface area contributed by atoms with Crippen molar-refractivity contribution in [2.45, 2.75) is 64.4 Å². The summed E-state index contributed by atoms with van der Waals surface area (Å²) in [5, 5.41) is 0. The zero-order valence-corrected chi connectivity index (χ0v) is 36.1. The van der Waals surface area contributed by atoms with Crippen LogP contribution in [0.25, 0.3) is 6.08 Å². The lowest BCUT2D eigenvalue weighted by molar-refractivity contribution is -0.162. The van der Waals surface area contributed by atoms with Gasteiger partial charge < -0.3 is 28.4 Å². The van der Waals surface area contributed by atoms with Crippen molar-refractivity contribution >= 4 is 18.0 Å². The summed E-state index contributed by atoms with van der Waals surface area (Å²) in [4.78, 5) is 26.2. The Balaban J connectivity index is 1.17. The fourth-order valence-electron chi connectivity index (χ4n) is 6.33. The highest BCUT2D eigenvalue weighted by Crippen LogP contribution is 2.35. The molecule has 0 aliphatic carbocycles. The molecule has 0 N–H and O–H groups in total. The number of hydrogen-bond donors (Lipinski definition) is 0. The Morgan fingerprint density at radius 1 is 0.485 bits per heavy atom. The normalized spacial score (nSPS) is 12.3. The van der Waals surface area contributed by atoms with E-state index >= 15 is 0 Å². The van der Waals surface area contributed by atoms with E-state index in [2.05, 4.69) is 0 Å². The third-order valence-electron chi connectivity index (χ3n) is 10.1. The molecule has 0 heterocycles. The van der Waals surface area contributed by atoms with E-state index in [0.29, 0.717) is 27.8 Å². The topological polar surface area (TPSA) is 89.5 Å². The summed E-state index contributed by atoms with van der Waals surface area (Å²) in [6.07, 6.45) is -12.9. The molecule has 0 amide bonds. The van der Waals surface area contributed by atoms with Crippen LogP contribution in [0.3, 0.4) is 0 Å². The molecule has 0 saturated carbocycles. The maximum absolute atomic E-state index is 13.2. The van der Waals surface area contributed by atoms with Gasteiger partial charge in [0, 0.05) is 12.5 Å². The van der Waals surface area contributed by atoms with Gasteiger partial charge in [-0.25, -0.2) is 9.59 Å². The molecule has 0 aromatic heterocycles. The summed E-state index contributed by atoms with van der Waals surface area (Å²) in [5.74, 6) is -1.18. The number of methoxy groups -OCH3 is 1. The smallest absolute Gasteiger partial charge is 0.416 e. The molecule has 0 radical (unpaired) electrons. The van der Waals surface area contributed by atoms with Crippen molar-refractivity contribution in [3.63, 3.8) is 0 Å². The number of benzene rings is 6. The molecule has 1 atom stereocenters. The summed E-state index contributed by atoms with van der Waals surface area (Å²) < 4.78 is 152. The molecule has 6 aromatic carbocycles. The lowest BCUT2D eigenvalue weighted by Crippen LogP contribution is -2.30. The van der Waals surface area contributed by atoms with Gasteiger partial charge in [-0.15, -0.1) is 0 Å². The summed E-state index contributed by atoms with van der Waals surface area (Å²) >= 11 is 0. The number of halogens is 9. The van der Waals surface area contributed by atoms with E-state index in [4.69, 9.17) is 28.4 Å². The first kappa shape index (κ1) is 50.0. The molecule has 17 heteroatoms. The van der Waals surface area contributed by atoms with Gasteiger partial charge in [-0.1, -0.05) is 78.4 Å². The average Bonchev–Trinajstić information content (AvgIpc) is 3.30. The lowest BCUT2D eigenvalue weighted by atomic mass is 10.1. The number of esters is 2. The molecule has 0 spiro atoms. The number of hydrogen-bond acceptors (Lipinski definition) is 8. The largest absolute Gasteiger partial charge is 0.485 e. The van der Waals surface area contributed by atoms with Crippen molar-refractivity contribution in [3.8, 4) is 23.0 Å². The highest BCUT2D eigenvalue weighted by atomic mass is 19.4. The fourth-order valence-corrected chi connectivity index (χ4v) is 6.33. The van der Waals surface area contributed by atoms with Crippen LogP contribution < -0.4 is 18.9 Å². The Hall–Kier alpha value is -7.43. The fraction of sp³-hybridized carbons (Fsp3) is 0.216. The van der Waals surface area contributed by atoms with Crippen molar-refractivity contribution in [2.24, 2.45) is 0 Å². The Morgan fingerprint density at radius 3 is 1.26 bits per heavy atom. The summed E-state index contributed by atoms with van der Waals surface area (Å²) in [5.41, 5.74) is 1.37. The van der Waals surface area contributed by atoms with Crippen molar-refractivity contribution in [2.75, 3.05) is 7.11 Å². The molecule has 6 aromatic rings. The Labute approximate surface area is 384 Å². The van der Waals surface area contributed by atoms with Crippen LogP contribution in [0.5, 0.6) is 23.0 Å². The minimum Gasteiger partial charge on any atom is -0.485 e. The third-order valence-corrected chi connectivity index (χ3v) is 10.1. The minimum atomic E-state index is -4.56. The number of aryl methyl sites for hydroxylation is 1. The molecule has 0 unspecified atom stereocenters. The maximum atomic E-state index is 13.2. The molecule has 68 heavy (non-hydrogen) atoms. The van der Waals surface area contributed by atoms with E-state index < -0.39 is 53.3 Å². The van der Waals surface area contributed by atoms with Crippen LogP contribution in [0.4, 0.5) is 39.5 Å². The van der Waals surface area contributed by atoms with Crippen LogP contribution in [-0.2, 0) is 70.4 Å². The second kappa shape index (κ2) is 21.9. The van der Waals surface area contributed by atoms with Gasteiger partial charge in [-0.3, -0.25) is 0 Å². The lowest BCUT2D eigenvalue weighted by Gasteiger charge is -2.18. The van der Waals surface area contributed by atoms with Gasteiger partial charge in [0.1, 0.15) is 26.4 Å². The second-order valence-electron chi connectivity index (χ2n) is 15.2. The van der Waals surface area contributed by atoms with Gasteiger partial charge in [0.05, 0.1) is 23.8 Å². The molecule has 8 nitrogen and oxygen atoms in total. The molecule has 0 fully saturated rings. The minimum absolute atomic E-state index is 0.0522. The van der Waals surface area contributed by atoms with E-state index in [-0.39, 0.29) is 55.8 Å². The van der Waals surface area contributed by atoms with Gasteiger partial charge in [0.15, 0.2) is 23.0 Å². The molecule has 356 valence electrons.